The Morgan fingerprint density at radius 1 is 0.781 bits per heavy atom. The largest absolute Gasteiger partial charge is 0.497 e. The average Bonchev–Trinajstić information content (AvgIpc) is 3.02. The molecule has 0 aliphatic carbocycles. The number of aryl methyl sites for hydroxylation is 2. The normalized spacial score (nSPS) is 13.6. The predicted octanol–water partition coefficient (Wildman–Crippen LogP) is 4.72. The van der Waals surface area contributed by atoms with Crippen molar-refractivity contribution in [2.75, 3.05) is 24.4 Å². The highest BCUT2D eigenvalue weighted by molar-refractivity contribution is 6.46. The molecule has 0 bridgehead atoms. The minimum Gasteiger partial charge on any atom is -0.497 e. The van der Waals surface area contributed by atoms with E-state index in [9.17, 15) is 9.59 Å². The van der Waals surface area contributed by atoms with E-state index in [2.05, 4.69) is 5.32 Å². The van der Waals surface area contributed by atoms with Crippen LogP contribution in [-0.2, 0) is 9.59 Å². The number of benzene rings is 3. The van der Waals surface area contributed by atoms with Crippen LogP contribution in [0.5, 0.6) is 11.5 Å². The van der Waals surface area contributed by atoms with Gasteiger partial charge in [0, 0.05) is 17.3 Å². The molecule has 0 spiro atoms. The van der Waals surface area contributed by atoms with Crippen molar-refractivity contribution in [3.63, 3.8) is 0 Å². The first kappa shape index (κ1) is 21.2. The molecule has 0 atom stereocenters. The molecular formula is C26H24N2O4. The number of imide groups is 1. The van der Waals surface area contributed by atoms with Gasteiger partial charge < -0.3 is 14.8 Å². The van der Waals surface area contributed by atoms with Crippen LogP contribution in [0.25, 0.3) is 5.57 Å². The van der Waals surface area contributed by atoms with Crippen molar-refractivity contribution in [1.29, 1.82) is 0 Å². The summed E-state index contributed by atoms with van der Waals surface area (Å²) in [5.41, 5.74) is 4.09. The second kappa shape index (κ2) is 8.59. The molecule has 6 heteroatoms. The van der Waals surface area contributed by atoms with Gasteiger partial charge in [-0.15, -0.1) is 0 Å². The first-order chi connectivity index (χ1) is 15.4. The first-order valence-corrected chi connectivity index (χ1v) is 10.2. The number of hydrogen-bond donors (Lipinski definition) is 1. The quantitative estimate of drug-likeness (QED) is 0.576. The summed E-state index contributed by atoms with van der Waals surface area (Å²) < 4.78 is 10.8. The fraction of sp³-hybridized carbons (Fsp3) is 0.154. The molecule has 0 unspecified atom stereocenters. The molecule has 162 valence electrons. The van der Waals surface area contributed by atoms with Crippen LogP contribution in [0.2, 0.25) is 0 Å². The van der Waals surface area contributed by atoms with Crippen LogP contribution < -0.4 is 19.7 Å². The van der Waals surface area contributed by atoms with Gasteiger partial charge in [0.25, 0.3) is 11.8 Å². The fourth-order valence-electron chi connectivity index (χ4n) is 3.91. The third kappa shape index (κ3) is 3.83. The zero-order valence-corrected chi connectivity index (χ0v) is 18.4. The number of amides is 2. The van der Waals surface area contributed by atoms with E-state index in [0.29, 0.717) is 28.4 Å². The number of hydrogen-bond acceptors (Lipinski definition) is 5. The lowest BCUT2D eigenvalue weighted by Gasteiger charge is -2.17. The summed E-state index contributed by atoms with van der Waals surface area (Å²) in [4.78, 5) is 28.5. The number of anilines is 2. The van der Waals surface area contributed by atoms with Gasteiger partial charge in [0.2, 0.25) is 0 Å². The van der Waals surface area contributed by atoms with Gasteiger partial charge in [0.05, 0.1) is 25.5 Å². The second-order valence-corrected chi connectivity index (χ2v) is 7.60. The van der Waals surface area contributed by atoms with Crippen LogP contribution in [0.15, 0.2) is 72.4 Å². The van der Waals surface area contributed by atoms with E-state index >= 15 is 0 Å². The smallest absolute Gasteiger partial charge is 0.282 e. The minimum absolute atomic E-state index is 0.187. The van der Waals surface area contributed by atoms with Crippen molar-refractivity contribution in [2.45, 2.75) is 13.8 Å². The van der Waals surface area contributed by atoms with Crippen molar-refractivity contribution in [2.24, 2.45) is 0 Å². The molecule has 6 nitrogen and oxygen atoms in total. The molecule has 1 aliphatic heterocycles. The van der Waals surface area contributed by atoms with Crippen molar-refractivity contribution < 1.29 is 19.1 Å². The molecule has 3 aromatic carbocycles. The lowest BCUT2D eigenvalue weighted by molar-refractivity contribution is -0.120. The number of ether oxygens (including phenoxy) is 2. The SMILES string of the molecule is COc1cccc(NC2=C(c3ccccc3OC)C(=O)N(c3cc(C)cc(C)c3)C2=O)c1. The van der Waals surface area contributed by atoms with E-state index in [1.807, 2.05) is 62.4 Å². The molecule has 0 fully saturated rings. The Balaban J connectivity index is 1.87. The fourth-order valence-corrected chi connectivity index (χ4v) is 3.91. The van der Waals surface area contributed by atoms with Crippen LogP contribution in [0.1, 0.15) is 16.7 Å². The summed E-state index contributed by atoms with van der Waals surface area (Å²) >= 11 is 0. The zero-order valence-electron chi connectivity index (χ0n) is 18.4. The lowest BCUT2D eigenvalue weighted by Crippen LogP contribution is -2.32. The van der Waals surface area contributed by atoms with Gasteiger partial charge in [-0.05, 0) is 55.3 Å². The topological polar surface area (TPSA) is 67.9 Å². The summed E-state index contributed by atoms with van der Waals surface area (Å²) in [5, 5.41) is 3.16. The van der Waals surface area contributed by atoms with Gasteiger partial charge in [-0.1, -0.05) is 30.3 Å². The molecular weight excluding hydrogens is 404 g/mol. The highest BCUT2D eigenvalue weighted by Gasteiger charge is 2.41. The average molecular weight is 428 g/mol. The number of para-hydroxylation sites is 1. The van der Waals surface area contributed by atoms with Crippen molar-refractivity contribution >= 4 is 28.8 Å². The van der Waals surface area contributed by atoms with E-state index in [1.165, 1.54) is 12.0 Å². The number of carbonyl (C=O) groups is 2. The van der Waals surface area contributed by atoms with E-state index < -0.39 is 11.8 Å². The Kier molecular flexibility index (Phi) is 5.69. The van der Waals surface area contributed by atoms with Crippen LogP contribution in [0.4, 0.5) is 11.4 Å². The summed E-state index contributed by atoms with van der Waals surface area (Å²) in [6, 6.07) is 20.0. The molecule has 1 N–H and O–H groups in total. The van der Waals surface area contributed by atoms with Gasteiger partial charge in [0.15, 0.2) is 0 Å². The second-order valence-electron chi connectivity index (χ2n) is 7.60. The maximum atomic E-state index is 13.7. The Labute approximate surface area is 187 Å². The molecule has 0 radical (unpaired) electrons. The van der Waals surface area contributed by atoms with Crippen molar-refractivity contribution in [1.82, 2.24) is 0 Å². The number of rotatable bonds is 6. The maximum absolute atomic E-state index is 13.7. The third-order valence-corrected chi connectivity index (χ3v) is 5.26. The van der Waals surface area contributed by atoms with Crippen LogP contribution in [0.3, 0.4) is 0 Å². The summed E-state index contributed by atoms with van der Waals surface area (Å²) in [5.74, 6) is 0.312. The Hall–Kier alpha value is -4.06. The number of nitrogens with one attached hydrogen (secondary N) is 1. The van der Waals surface area contributed by atoms with E-state index in [4.69, 9.17) is 9.47 Å². The summed E-state index contributed by atoms with van der Waals surface area (Å²) in [6.07, 6.45) is 0. The summed E-state index contributed by atoms with van der Waals surface area (Å²) in [7, 11) is 3.11. The third-order valence-electron chi connectivity index (χ3n) is 5.26. The molecule has 0 aromatic heterocycles. The molecule has 0 saturated heterocycles. The Morgan fingerprint density at radius 3 is 2.19 bits per heavy atom. The molecule has 0 saturated carbocycles. The molecule has 4 rings (SSSR count). The molecule has 1 heterocycles. The summed E-state index contributed by atoms with van der Waals surface area (Å²) in [6.45, 7) is 3.87. The van der Waals surface area contributed by atoms with Crippen LogP contribution in [-0.4, -0.2) is 26.0 Å². The van der Waals surface area contributed by atoms with E-state index in [0.717, 1.165) is 11.1 Å². The maximum Gasteiger partial charge on any atom is 0.282 e. The van der Waals surface area contributed by atoms with Crippen molar-refractivity contribution in [3.8, 4) is 11.5 Å². The molecule has 3 aromatic rings. The highest BCUT2D eigenvalue weighted by Crippen LogP contribution is 2.38. The minimum atomic E-state index is -0.427. The number of methoxy groups -OCH3 is 2. The van der Waals surface area contributed by atoms with E-state index in [-0.39, 0.29) is 11.3 Å². The number of carbonyl (C=O) groups excluding carboxylic acids is 2. The zero-order chi connectivity index (χ0) is 22.8. The van der Waals surface area contributed by atoms with Crippen LogP contribution >= 0.6 is 0 Å². The van der Waals surface area contributed by atoms with Crippen molar-refractivity contribution in [3.05, 3.63) is 89.1 Å². The molecule has 1 aliphatic rings. The highest BCUT2D eigenvalue weighted by atomic mass is 16.5. The predicted molar refractivity (Wildman–Crippen MR) is 125 cm³/mol. The molecule has 2 amide bonds. The lowest BCUT2D eigenvalue weighted by atomic mass is 10.0. The van der Waals surface area contributed by atoms with Gasteiger partial charge in [-0.3, -0.25) is 9.59 Å². The van der Waals surface area contributed by atoms with Gasteiger partial charge in [0.1, 0.15) is 17.2 Å². The van der Waals surface area contributed by atoms with Crippen LogP contribution in [0, 0.1) is 13.8 Å². The molecule has 32 heavy (non-hydrogen) atoms. The Morgan fingerprint density at radius 2 is 1.50 bits per heavy atom. The van der Waals surface area contributed by atoms with E-state index in [1.54, 1.807) is 25.3 Å². The monoisotopic (exact) mass is 428 g/mol. The van der Waals surface area contributed by atoms with Gasteiger partial charge >= 0.3 is 0 Å². The van der Waals surface area contributed by atoms with Gasteiger partial charge in [-0.2, -0.15) is 0 Å². The number of nitrogens with zero attached hydrogens (tertiary/aromatic N) is 1. The first-order valence-electron chi connectivity index (χ1n) is 10.2. The van der Waals surface area contributed by atoms with Gasteiger partial charge in [-0.25, -0.2) is 4.90 Å². The Bertz CT molecular complexity index is 1230. The standard InChI is InChI=1S/C26H24N2O4/c1-16-12-17(2)14-19(13-16)28-25(29)23(21-10-5-6-11-22(21)32-4)24(26(28)30)27-18-8-7-9-20(15-18)31-3/h5-15,27H,1-4H3.